The minimum atomic E-state index is -4.44. The molecule has 2 aliphatic heterocycles. The molecule has 10 nitrogen and oxygen atoms in total. The first-order valence-electron chi connectivity index (χ1n) is 10.0. The Morgan fingerprint density at radius 2 is 2.06 bits per heavy atom. The van der Waals surface area contributed by atoms with Gasteiger partial charge in [0.1, 0.15) is 6.04 Å². The molecule has 4 rings (SSSR count). The number of amides is 4. The number of benzene rings is 1. The molecule has 172 valence electrons. The molecule has 32 heavy (non-hydrogen) atoms. The van der Waals surface area contributed by atoms with Crippen LogP contribution >= 0.6 is 0 Å². The summed E-state index contributed by atoms with van der Waals surface area (Å²) in [7, 11) is 1.63. The zero-order valence-corrected chi connectivity index (χ0v) is 17.2. The fraction of sp³-hybridized carbons (Fsp3) is 0.474. The number of imide groups is 1. The van der Waals surface area contributed by atoms with Crippen LogP contribution in [-0.2, 0) is 16.6 Å². The van der Waals surface area contributed by atoms with Crippen molar-refractivity contribution in [3.8, 4) is 0 Å². The number of aryl methyl sites for hydroxylation is 1. The highest BCUT2D eigenvalue weighted by molar-refractivity contribution is 6.11. The summed E-state index contributed by atoms with van der Waals surface area (Å²) in [5.74, 6) is -0.634. The predicted octanol–water partition coefficient (Wildman–Crippen LogP) is 0.794. The summed E-state index contributed by atoms with van der Waals surface area (Å²) in [6.07, 6.45) is -4.31. The number of hydrogen-bond acceptors (Lipinski definition) is 6. The first-order chi connectivity index (χ1) is 15.1. The number of carbonyl (C=O) groups excluding carboxylic acids is 3. The second-order valence-corrected chi connectivity index (χ2v) is 7.68. The highest BCUT2D eigenvalue weighted by Gasteiger charge is 2.45. The molecular formula is C19H22F3N7O3. The molecule has 0 unspecified atom stereocenters. The van der Waals surface area contributed by atoms with Crippen LogP contribution in [0.1, 0.15) is 6.42 Å². The van der Waals surface area contributed by atoms with Gasteiger partial charge in [-0.25, -0.2) is 4.79 Å². The number of aromatic nitrogens is 2. The Labute approximate surface area is 180 Å². The van der Waals surface area contributed by atoms with Crippen molar-refractivity contribution in [1.82, 2.24) is 25.3 Å². The van der Waals surface area contributed by atoms with E-state index in [4.69, 9.17) is 0 Å². The number of nitrogens with zero attached hydrogens (tertiary/aromatic N) is 4. The van der Waals surface area contributed by atoms with Crippen molar-refractivity contribution in [1.29, 1.82) is 0 Å². The summed E-state index contributed by atoms with van der Waals surface area (Å²) in [4.78, 5) is 38.7. The van der Waals surface area contributed by atoms with Gasteiger partial charge < -0.3 is 10.6 Å². The Morgan fingerprint density at radius 1 is 1.28 bits per heavy atom. The van der Waals surface area contributed by atoms with E-state index in [1.165, 1.54) is 9.58 Å². The van der Waals surface area contributed by atoms with Crippen LogP contribution in [-0.4, -0.2) is 77.5 Å². The van der Waals surface area contributed by atoms with E-state index in [1.807, 2.05) is 0 Å². The molecule has 2 saturated heterocycles. The maximum absolute atomic E-state index is 13.3. The number of urea groups is 1. The van der Waals surface area contributed by atoms with E-state index in [0.29, 0.717) is 29.0 Å². The lowest BCUT2D eigenvalue weighted by Crippen LogP contribution is -2.59. The number of fused-ring (bicyclic) bond motifs is 1. The average Bonchev–Trinajstić information content (AvgIpc) is 3.05. The fourth-order valence-corrected chi connectivity index (χ4v) is 4.02. The second-order valence-electron chi connectivity index (χ2n) is 7.68. The van der Waals surface area contributed by atoms with Crippen LogP contribution in [0.2, 0.25) is 0 Å². The van der Waals surface area contributed by atoms with E-state index in [9.17, 15) is 27.6 Å². The van der Waals surface area contributed by atoms with Crippen LogP contribution in [0.5, 0.6) is 0 Å². The summed E-state index contributed by atoms with van der Waals surface area (Å²) in [5.41, 5.74) is 0.870. The summed E-state index contributed by atoms with van der Waals surface area (Å²) in [6.45, 7) is -0.0575. The third-order valence-electron chi connectivity index (χ3n) is 5.51. The standard InChI is InChI=1S/C19H22F3N7O3/c1-27-16-11(17(26-27)29-7-5-14(30)25-18(29)32)3-2-4-12(16)24-15(31)10-28-8-6-23-9-13(28)19(20,21)22/h2-4,13,23H,5-10H2,1H3,(H,24,31)(H,25,30,32)/t13-/m1/s1. The minimum absolute atomic E-state index is 0.0977. The van der Waals surface area contributed by atoms with Gasteiger partial charge in [0.05, 0.1) is 17.7 Å². The number of alkyl halides is 3. The summed E-state index contributed by atoms with van der Waals surface area (Å²) in [6, 6.07) is 2.66. The van der Waals surface area contributed by atoms with Crippen molar-refractivity contribution in [2.45, 2.75) is 18.6 Å². The van der Waals surface area contributed by atoms with Crippen LogP contribution < -0.4 is 20.9 Å². The zero-order chi connectivity index (χ0) is 23.0. The lowest BCUT2D eigenvalue weighted by atomic mass is 10.1. The maximum atomic E-state index is 13.3. The first-order valence-corrected chi connectivity index (χ1v) is 10.0. The molecule has 1 aromatic carbocycles. The molecule has 1 aromatic heterocycles. The number of nitrogens with one attached hydrogen (secondary N) is 3. The monoisotopic (exact) mass is 453 g/mol. The molecule has 2 aliphatic rings. The summed E-state index contributed by atoms with van der Waals surface area (Å²) >= 11 is 0. The van der Waals surface area contributed by atoms with E-state index in [0.717, 1.165) is 4.90 Å². The lowest BCUT2D eigenvalue weighted by Gasteiger charge is -2.36. The van der Waals surface area contributed by atoms with Crippen LogP contribution in [0.25, 0.3) is 10.9 Å². The molecular weight excluding hydrogens is 431 g/mol. The van der Waals surface area contributed by atoms with Crippen molar-refractivity contribution in [2.24, 2.45) is 7.05 Å². The third-order valence-corrected chi connectivity index (χ3v) is 5.51. The van der Waals surface area contributed by atoms with Crippen LogP contribution in [0.4, 0.5) is 29.5 Å². The quantitative estimate of drug-likeness (QED) is 0.632. The Kier molecular flexibility index (Phi) is 5.77. The van der Waals surface area contributed by atoms with Crippen molar-refractivity contribution in [3.63, 3.8) is 0 Å². The van der Waals surface area contributed by atoms with E-state index in [1.54, 1.807) is 25.2 Å². The van der Waals surface area contributed by atoms with Gasteiger partial charge in [0, 0.05) is 45.0 Å². The van der Waals surface area contributed by atoms with Crippen molar-refractivity contribution < 1.29 is 27.6 Å². The fourth-order valence-electron chi connectivity index (χ4n) is 4.02. The van der Waals surface area contributed by atoms with Gasteiger partial charge in [-0.15, -0.1) is 0 Å². The van der Waals surface area contributed by atoms with Crippen LogP contribution in [0, 0.1) is 0 Å². The van der Waals surface area contributed by atoms with Gasteiger partial charge in [0.2, 0.25) is 11.8 Å². The highest BCUT2D eigenvalue weighted by atomic mass is 19.4. The van der Waals surface area contributed by atoms with E-state index in [2.05, 4.69) is 21.0 Å². The van der Waals surface area contributed by atoms with Crippen LogP contribution in [0.3, 0.4) is 0 Å². The average molecular weight is 453 g/mol. The number of para-hydroxylation sites is 1. The first kappa shape index (κ1) is 22.0. The Balaban J connectivity index is 1.56. The molecule has 0 aliphatic carbocycles. The molecule has 4 amide bonds. The predicted molar refractivity (Wildman–Crippen MR) is 109 cm³/mol. The Hall–Kier alpha value is -3.19. The minimum Gasteiger partial charge on any atom is -0.323 e. The molecule has 2 fully saturated rings. The van der Waals surface area contributed by atoms with Gasteiger partial charge in [-0.05, 0) is 12.1 Å². The van der Waals surface area contributed by atoms with Crippen molar-refractivity contribution in [3.05, 3.63) is 18.2 Å². The molecule has 2 aromatic rings. The molecule has 13 heteroatoms. The Bertz CT molecular complexity index is 1070. The largest absolute Gasteiger partial charge is 0.405 e. The van der Waals surface area contributed by atoms with Crippen molar-refractivity contribution >= 4 is 40.3 Å². The second kappa shape index (κ2) is 8.39. The van der Waals surface area contributed by atoms with Crippen molar-refractivity contribution in [2.75, 3.05) is 42.9 Å². The Morgan fingerprint density at radius 3 is 2.78 bits per heavy atom. The topological polar surface area (TPSA) is 112 Å². The van der Waals surface area contributed by atoms with Gasteiger partial charge in [0.25, 0.3) is 0 Å². The molecule has 0 saturated carbocycles. The molecule has 0 spiro atoms. The molecule has 3 N–H and O–H groups in total. The molecule has 1 atom stereocenters. The third kappa shape index (κ3) is 4.25. The number of carbonyl (C=O) groups is 3. The van der Waals surface area contributed by atoms with Gasteiger partial charge in [-0.3, -0.25) is 29.4 Å². The lowest BCUT2D eigenvalue weighted by molar-refractivity contribution is -0.187. The number of rotatable bonds is 4. The van der Waals surface area contributed by atoms with Gasteiger partial charge in [-0.1, -0.05) is 6.07 Å². The van der Waals surface area contributed by atoms with Crippen LogP contribution in [0.15, 0.2) is 18.2 Å². The van der Waals surface area contributed by atoms with Gasteiger partial charge in [-0.2, -0.15) is 18.3 Å². The van der Waals surface area contributed by atoms with Gasteiger partial charge >= 0.3 is 12.2 Å². The highest BCUT2D eigenvalue weighted by Crippen LogP contribution is 2.32. The summed E-state index contributed by atoms with van der Waals surface area (Å²) in [5, 5.41) is 12.5. The number of halogens is 3. The molecule has 3 heterocycles. The SMILES string of the molecule is Cn1nc(N2CCC(=O)NC2=O)c2cccc(NC(=O)CN3CCNC[C@@H]3C(F)(F)F)c21. The van der Waals surface area contributed by atoms with Gasteiger partial charge in [0.15, 0.2) is 5.82 Å². The normalized spacial score (nSPS) is 20.5. The number of hydrogen-bond donors (Lipinski definition) is 3. The zero-order valence-electron chi connectivity index (χ0n) is 17.2. The summed E-state index contributed by atoms with van der Waals surface area (Å²) < 4.78 is 41.3. The van der Waals surface area contributed by atoms with E-state index < -0.39 is 30.7 Å². The number of anilines is 2. The molecule has 0 bridgehead atoms. The smallest absolute Gasteiger partial charge is 0.323 e. The van der Waals surface area contributed by atoms with E-state index in [-0.39, 0.29) is 32.0 Å². The molecule has 0 radical (unpaired) electrons. The van der Waals surface area contributed by atoms with E-state index >= 15 is 0 Å². The maximum Gasteiger partial charge on any atom is 0.405 e. The number of piperazine rings is 1.